The van der Waals surface area contributed by atoms with E-state index in [0.29, 0.717) is 5.41 Å². The average molecular weight is 253 g/mol. The molecule has 17 heavy (non-hydrogen) atoms. The Bertz CT molecular complexity index is 359. The quantitative estimate of drug-likeness (QED) is 0.871. The summed E-state index contributed by atoms with van der Waals surface area (Å²) in [7, 11) is 0. The average Bonchev–Trinajstić information content (AvgIpc) is 2.43. The van der Waals surface area contributed by atoms with Gasteiger partial charge in [-0.2, -0.15) is 0 Å². The van der Waals surface area contributed by atoms with Crippen molar-refractivity contribution < 1.29 is 0 Å². The number of nitrogens with zero attached hydrogens (tertiary/aromatic N) is 1. The van der Waals surface area contributed by atoms with Crippen LogP contribution in [0.1, 0.15) is 19.4 Å². The molecule has 0 aliphatic carbocycles. The van der Waals surface area contributed by atoms with Gasteiger partial charge in [-0.1, -0.05) is 37.6 Å². The van der Waals surface area contributed by atoms with Crippen LogP contribution in [0, 0.1) is 5.41 Å². The van der Waals surface area contributed by atoms with Gasteiger partial charge in [0.2, 0.25) is 0 Å². The van der Waals surface area contributed by atoms with E-state index in [1.165, 1.54) is 5.56 Å². The fraction of sp³-hybridized carbons (Fsp3) is 0.571. The van der Waals surface area contributed by atoms with E-state index in [9.17, 15) is 0 Å². The molecule has 1 fully saturated rings. The smallest absolute Gasteiger partial charge is 0.0406 e. The van der Waals surface area contributed by atoms with E-state index in [-0.39, 0.29) is 0 Å². The van der Waals surface area contributed by atoms with Gasteiger partial charge in [-0.15, -0.1) is 0 Å². The maximum absolute atomic E-state index is 5.90. The molecular weight excluding hydrogens is 232 g/mol. The first-order chi connectivity index (χ1) is 8.05. The summed E-state index contributed by atoms with van der Waals surface area (Å²) in [5, 5.41) is 4.31. The van der Waals surface area contributed by atoms with Crippen molar-refractivity contribution in [3.63, 3.8) is 0 Å². The summed E-state index contributed by atoms with van der Waals surface area (Å²) in [6.07, 6.45) is 0. The first-order valence-corrected chi connectivity index (χ1v) is 6.60. The van der Waals surface area contributed by atoms with Crippen molar-refractivity contribution >= 4 is 11.6 Å². The van der Waals surface area contributed by atoms with Crippen LogP contribution in [0.25, 0.3) is 0 Å². The summed E-state index contributed by atoms with van der Waals surface area (Å²) < 4.78 is 0. The van der Waals surface area contributed by atoms with E-state index < -0.39 is 0 Å². The fourth-order valence-electron chi connectivity index (χ4n) is 2.39. The lowest BCUT2D eigenvalue weighted by atomic mass is 9.93. The fourth-order valence-corrected chi connectivity index (χ4v) is 2.51. The van der Waals surface area contributed by atoms with Crippen molar-refractivity contribution in [2.75, 3.05) is 26.2 Å². The third-order valence-corrected chi connectivity index (χ3v) is 3.43. The van der Waals surface area contributed by atoms with Crippen LogP contribution >= 0.6 is 11.6 Å². The molecule has 0 unspecified atom stereocenters. The maximum Gasteiger partial charge on any atom is 0.0406 e. The first-order valence-electron chi connectivity index (χ1n) is 6.23. The third kappa shape index (κ3) is 3.98. The topological polar surface area (TPSA) is 15.3 Å². The van der Waals surface area contributed by atoms with Gasteiger partial charge in [-0.25, -0.2) is 0 Å². The Hall–Kier alpha value is -0.570. The van der Waals surface area contributed by atoms with Gasteiger partial charge < -0.3 is 5.32 Å². The summed E-state index contributed by atoms with van der Waals surface area (Å²) in [6.45, 7) is 10.1. The van der Waals surface area contributed by atoms with Crippen LogP contribution in [0.2, 0.25) is 5.02 Å². The lowest BCUT2D eigenvalue weighted by Gasteiger charge is -2.29. The molecule has 0 amide bonds. The molecule has 3 heteroatoms. The zero-order valence-corrected chi connectivity index (χ0v) is 11.4. The first kappa shape index (κ1) is 12.9. The molecule has 0 saturated carbocycles. The van der Waals surface area contributed by atoms with E-state index in [2.05, 4.69) is 36.2 Å². The Kier molecular flexibility index (Phi) is 4.08. The van der Waals surface area contributed by atoms with Crippen LogP contribution in [-0.4, -0.2) is 31.1 Å². The van der Waals surface area contributed by atoms with Gasteiger partial charge in [0, 0.05) is 37.7 Å². The minimum Gasteiger partial charge on any atom is -0.315 e. The molecule has 2 rings (SSSR count). The predicted octanol–water partition coefficient (Wildman–Crippen LogP) is 2.77. The van der Waals surface area contributed by atoms with E-state index >= 15 is 0 Å². The summed E-state index contributed by atoms with van der Waals surface area (Å²) in [5.74, 6) is 0. The lowest BCUT2D eigenvalue weighted by Crippen LogP contribution is -2.34. The second-order valence-corrected chi connectivity index (χ2v) is 6.11. The molecular formula is C14H21ClN2. The summed E-state index contributed by atoms with van der Waals surface area (Å²) in [6, 6.07) is 8.18. The molecule has 1 aromatic rings. The molecule has 1 saturated heterocycles. The molecule has 0 bridgehead atoms. The van der Waals surface area contributed by atoms with Crippen LogP contribution in [0.4, 0.5) is 0 Å². The van der Waals surface area contributed by atoms with Crippen LogP contribution in [0.5, 0.6) is 0 Å². The van der Waals surface area contributed by atoms with Crippen molar-refractivity contribution in [1.82, 2.24) is 10.2 Å². The number of hydrogen-bond acceptors (Lipinski definition) is 2. The van der Waals surface area contributed by atoms with Gasteiger partial charge in [0.1, 0.15) is 0 Å². The normalized spacial score (nSPS) is 21.1. The highest BCUT2D eigenvalue weighted by Crippen LogP contribution is 2.19. The van der Waals surface area contributed by atoms with Gasteiger partial charge in [0.05, 0.1) is 0 Å². The van der Waals surface area contributed by atoms with Gasteiger partial charge in [0.25, 0.3) is 0 Å². The maximum atomic E-state index is 5.90. The number of rotatable bonds is 2. The molecule has 1 aromatic carbocycles. The summed E-state index contributed by atoms with van der Waals surface area (Å²) in [5.41, 5.74) is 1.69. The zero-order valence-electron chi connectivity index (χ0n) is 10.7. The highest BCUT2D eigenvalue weighted by Gasteiger charge is 2.24. The highest BCUT2D eigenvalue weighted by atomic mass is 35.5. The van der Waals surface area contributed by atoms with Crippen LogP contribution in [0.3, 0.4) is 0 Å². The van der Waals surface area contributed by atoms with Gasteiger partial charge in [0.15, 0.2) is 0 Å². The molecule has 0 radical (unpaired) electrons. The van der Waals surface area contributed by atoms with E-state index in [4.69, 9.17) is 11.6 Å². The van der Waals surface area contributed by atoms with E-state index in [0.717, 1.165) is 37.7 Å². The highest BCUT2D eigenvalue weighted by molar-refractivity contribution is 6.30. The number of nitrogens with one attached hydrogen (secondary N) is 1. The Balaban J connectivity index is 1.99. The van der Waals surface area contributed by atoms with Gasteiger partial charge >= 0.3 is 0 Å². The SMILES string of the molecule is CC1(C)CNCCN(Cc2ccc(Cl)cc2)C1. The molecule has 1 aliphatic rings. The third-order valence-electron chi connectivity index (χ3n) is 3.18. The van der Waals surface area contributed by atoms with Gasteiger partial charge in [-0.3, -0.25) is 4.90 Å². The Morgan fingerprint density at radius 2 is 2.00 bits per heavy atom. The largest absolute Gasteiger partial charge is 0.315 e. The summed E-state index contributed by atoms with van der Waals surface area (Å²) in [4.78, 5) is 2.52. The minimum atomic E-state index is 0.350. The van der Waals surface area contributed by atoms with Crippen molar-refractivity contribution in [1.29, 1.82) is 0 Å². The molecule has 1 aliphatic heterocycles. The Morgan fingerprint density at radius 1 is 1.29 bits per heavy atom. The second kappa shape index (κ2) is 5.38. The predicted molar refractivity (Wildman–Crippen MR) is 73.4 cm³/mol. The van der Waals surface area contributed by atoms with Crippen molar-refractivity contribution in [2.45, 2.75) is 20.4 Å². The molecule has 1 N–H and O–H groups in total. The van der Waals surface area contributed by atoms with Crippen molar-refractivity contribution in [3.05, 3.63) is 34.9 Å². The van der Waals surface area contributed by atoms with Crippen LogP contribution in [-0.2, 0) is 6.54 Å². The van der Waals surface area contributed by atoms with Crippen molar-refractivity contribution in [3.8, 4) is 0 Å². The lowest BCUT2D eigenvalue weighted by molar-refractivity contribution is 0.200. The Labute approximate surface area is 109 Å². The molecule has 1 heterocycles. The monoisotopic (exact) mass is 252 g/mol. The number of benzene rings is 1. The van der Waals surface area contributed by atoms with Crippen LogP contribution in [0.15, 0.2) is 24.3 Å². The number of halogens is 1. The van der Waals surface area contributed by atoms with Gasteiger partial charge in [-0.05, 0) is 23.1 Å². The molecule has 0 aromatic heterocycles. The standard InChI is InChI=1S/C14H21ClN2/c1-14(2)10-16-7-8-17(11-14)9-12-3-5-13(15)6-4-12/h3-6,16H,7-11H2,1-2H3. The van der Waals surface area contributed by atoms with E-state index in [1.807, 2.05) is 12.1 Å². The minimum absolute atomic E-state index is 0.350. The van der Waals surface area contributed by atoms with Crippen molar-refractivity contribution in [2.24, 2.45) is 5.41 Å². The Morgan fingerprint density at radius 3 is 2.71 bits per heavy atom. The molecule has 0 spiro atoms. The molecule has 0 atom stereocenters. The van der Waals surface area contributed by atoms with E-state index in [1.54, 1.807) is 0 Å². The number of hydrogen-bond donors (Lipinski definition) is 1. The van der Waals surface area contributed by atoms with Crippen LogP contribution < -0.4 is 5.32 Å². The molecule has 2 nitrogen and oxygen atoms in total. The second-order valence-electron chi connectivity index (χ2n) is 5.68. The zero-order chi connectivity index (χ0) is 12.3. The summed E-state index contributed by atoms with van der Waals surface area (Å²) >= 11 is 5.90. The molecule has 94 valence electrons.